The van der Waals surface area contributed by atoms with Gasteiger partial charge in [0.15, 0.2) is 5.76 Å². The van der Waals surface area contributed by atoms with Crippen LogP contribution in [0.25, 0.3) is 0 Å². The normalized spacial score (nSPS) is 15.2. The Hall–Kier alpha value is 0.01000. The monoisotopic (exact) mass is 234 g/mol. The quantitative estimate of drug-likeness (QED) is 0.519. The van der Waals surface area contributed by atoms with Crippen LogP contribution in [0.15, 0.2) is 11.7 Å². The summed E-state index contributed by atoms with van der Waals surface area (Å²) in [5.41, 5.74) is 0. The number of allylic oxidation sites excluding steroid dienone is 1. The van der Waals surface area contributed by atoms with E-state index in [1.807, 2.05) is 0 Å². The van der Waals surface area contributed by atoms with E-state index in [-0.39, 0.29) is 5.88 Å². The summed E-state index contributed by atoms with van der Waals surface area (Å²) >= 11 is 16.5. The van der Waals surface area contributed by atoms with Gasteiger partial charge in [-0.25, -0.2) is 0 Å². The summed E-state index contributed by atoms with van der Waals surface area (Å²) in [4.78, 5) is 0. The summed E-state index contributed by atoms with van der Waals surface area (Å²) in [5.74, 6) is -1.66. The highest BCUT2D eigenvalue weighted by Gasteiger charge is 2.23. The van der Waals surface area contributed by atoms with Crippen LogP contribution >= 0.6 is 34.8 Å². The molecule has 0 fully saturated rings. The van der Waals surface area contributed by atoms with Crippen LogP contribution in [0.3, 0.4) is 0 Å². The number of halogens is 3. The molecule has 0 aromatic heterocycles. The van der Waals surface area contributed by atoms with Crippen LogP contribution in [0.2, 0.25) is 0 Å². The third-order valence-electron chi connectivity index (χ3n) is 1.19. The van der Waals surface area contributed by atoms with Gasteiger partial charge in [0.05, 0.1) is 5.38 Å². The molecule has 0 heterocycles. The van der Waals surface area contributed by atoms with Gasteiger partial charge >= 0.3 is 5.95 Å². The molecule has 0 bridgehead atoms. The fraction of sp³-hybridized carbons (Fsp3) is 0.667. The second-order valence-electron chi connectivity index (χ2n) is 2.10. The lowest BCUT2D eigenvalue weighted by molar-refractivity contribution is 0.154. The van der Waals surface area contributed by atoms with Gasteiger partial charge in [-0.2, -0.15) is 0 Å². The minimum atomic E-state index is -1.21. The average Bonchev–Trinajstić information content (AvgIpc) is 2.02. The molecule has 12 heavy (non-hydrogen) atoms. The lowest BCUT2D eigenvalue weighted by atomic mass is 10.2. The lowest BCUT2D eigenvalue weighted by Crippen LogP contribution is -2.19. The highest BCUT2D eigenvalue weighted by atomic mass is 35.5. The molecule has 0 aliphatic carbocycles. The van der Waals surface area contributed by atoms with Gasteiger partial charge in [-0.15, -0.1) is 34.8 Å². The van der Waals surface area contributed by atoms with Crippen molar-refractivity contribution in [2.24, 2.45) is 0 Å². The van der Waals surface area contributed by atoms with Gasteiger partial charge in [0, 0.05) is 5.88 Å². The smallest absolute Gasteiger partial charge is 0.315 e. The molecule has 0 aliphatic heterocycles. The second kappa shape index (κ2) is 5.62. The Morgan fingerprint density at radius 3 is 2.00 bits per heavy atom. The molecular weight excluding hydrogens is 226 g/mol. The molecule has 0 saturated heterocycles. The largest absolute Gasteiger partial charge is 0.505 e. The van der Waals surface area contributed by atoms with Gasteiger partial charge in [-0.05, 0) is 6.42 Å². The van der Waals surface area contributed by atoms with Crippen molar-refractivity contribution in [3.8, 4) is 0 Å². The fourth-order valence-electron chi connectivity index (χ4n) is 0.545. The minimum absolute atomic E-state index is 0.289. The summed E-state index contributed by atoms with van der Waals surface area (Å²) in [5, 5.41) is 24.1. The average molecular weight is 235 g/mol. The number of rotatable bonds is 4. The summed E-state index contributed by atoms with van der Waals surface area (Å²) in [7, 11) is 0. The van der Waals surface area contributed by atoms with Crippen molar-refractivity contribution in [1.82, 2.24) is 0 Å². The predicted molar refractivity (Wildman–Crippen MR) is 49.5 cm³/mol. The fourth-order valence-corrected chi connectivity index (χ4v) is 1.34. The van der Waals surface area contributed by atoms with Crippen molar-refractivity contribution < 1.29 is 15.3 Å². The molecule has 0 aromatic rings. The number of hydrogen-bond donors (Lipinski definition) is 3. The molecule has 0 saturated carbocycles. The van der Waals surface area contributed by atoms with Crippen molar-refractivity contribution in [3.05, 3.63) is 11.7 Å². The molecule has 72 valence electrons. The van der Waals surface area contributed by atoms with E-state index in [4.69, 9.17) is 50.1 Å². The molecule has 3 N–H and O–H groups in total. The van der Waals surface area contributed by atoms with Gasteiger partial charge in [0.25, 0.3) is 0 Å². The van der Waals surface area contributed by atoms with E-state index in [2.05, 4.69) is 0 Å². The summed E-state index contributed by atoms with van der Waals surface area (Å²) in [6, 6.07) is 0. The van der Waals surface area contributed by atoms with Crippen LogP contribution in [0.1, 0.15) is 6.42 Å². The van der Waals surface area contributed by atoms with Crippen LogP contribution < -0.4 is 0 Å². The first-order chi connectivity index (χ1) is 5.50. The predicted octanol–water partition coefficient (Wildman–Crippen LogP) is 2.67. The van der Waals surface area contributed by atoms with Crippen molar-refractivity contribution in [1.29, 1.82) is 0 Å². The number of hydrogen-bond acceptors (Lipinski definition) is 3. The number of aliphatic hydroxyl groups excluding tert-OH is 2. The van der Waals surface area contributed by atoms with Crippen LogP contribution in [0, 0.1) is 0 Å². The Labute approximate surface area is 85.2 Å². The Bertz CT molecular complexity index is 167. The first-order valence-corrected chi connectivity index (χ1v) is 4.56. The maximum absolute atomic E-state index is 8.91. The Morgan fingerprint density at radius 1 is 1.17 bits per heavy atom. The van der Waals surface area contributed by atoms with Crippen molar-refractivity contribution in [3.63, 3.8) is 0 Å². The van der Waals surface area contributed by atoms with Gasteiger partial charge < -0.3 is 15.3 Å². The van der Waals surface area contributed by atoms with E-state index in [9.17, 15) is 0 Å². The third-order valence-corrected chi connectivity index (χ3v) is 2.52. The van der Waals surface area contributed by atoms with Gasteiger partial charge in [-0.3, -0.25) is 0 Å². The zero-order valence-corrected chi connectivity index (χ0v) is 8.31. The van der Waals surface area contributed by atoms with E-state index in [1.54, 1.807) is 0 Å². The summed E-state index contributed by atoms with van der Waals surface area (Å²) in [6.45, 7) is 0. The Kier molecular flexibility index (Phi) is 5.63. The minimum Gasteiger partial charge on any atom is -0.505 e. The molecule has 0 rings (SSSR count). The van der Waals surface area contributed by atoms with E-state index in [0.717, 1.165) is 0 Å². The zero-order chi connectivity index (χ0) is 9.72. The topological polar surface area (TPSA) is 60.7 Å². The molecule has 6 heteroatoms. The maximum atomic E-state index is 8.91. The molecule has 3 nitrogen and oxygen atoms in total. The summed E-state index contributed by atoms with van der Waals surface area (Å²) < 4.78 is 0. The first kappa shape index (κ1) is 12.0. The van der Waals surface area contributed by atoms with E-state index in [0.29, 0.717) is 6.42 Å². The molecule has 0 radical (unpaired) electrons. The SMILES string of the molecule is OC(O)=C(O)C(Cl)C(Cl)CCCl. The van der Waals surface area contributed by atoms with Crippen molar-refractivity contribution >= 4 is 34.8 Å². The maximum Gasteiger partial charge on any atom is 0.315 e. The molecule has 2 unspecified atom stereocenters. The number of alkyl halides is 3. The van der Waals surface area contributed by atoms with Gasteiger partial charge in [-0.1, -0.05) is 0 Å². The highest BCUT2D eigenvalue weighted by molar-refractivity contribution is 6.31. The Balaban J connectivity index is 4.19. The molecule has 0 amide bonds. The van der Waals surface area contributed by atoms with Crippen LogP contribution in [-0.2, 0) is 0 Å². The van der Waals surface area contributed by atoms with Crippen molar-refractivity contribution in [2.75, 3.05) is 5.88 Å². The lowest BCUT2D eigenvalue weighted by Gasteiger charge is -2.13. The second-order valence-corrected chi connectivity index (χ2v) is 3.51. The standard InChI is InChI=1S/C6H9Cl3O3/c7-2-1-3(8)4(9)5(10)6(11)12/h3-4,10-12H,1-2H2. The van der Waals surface area contributed by atoms with E-state index in [1.165, 1.54) is 0 Å². The summed E-state index contributed by atoms with van der Waals surface area (Å²) in [6.07, 6.45) is 0.370. The van der Waals surface area contributed by atoms with Crippen LogP contribution in [0.5, 0.6) is 0 Å². The Morgan fingerprint density at radius 2 is 1.67 bits per heavy atom. The molecule has 0 aromatic carbocycles. The van der Waals surface area contributed by atoms with Gasteiger partial charge in [0.1, 0.15) is 5.38 Å². The van der Waals surface area contributed by atoms with Crippen LogP contribution in [-0.4, -0.2) is 32.0 Å². The van der Waals surface area contributed by atoms with Gasteiger partial charge in [0.2, 0.25) is 0 Å². The molecular formula is C6H9Cl3O3. The molecule has 0 spiro atoms. The van der Waals surface area contributed by atoms with Crippen LogP contribution in [0.4, 0.5) is 0 Å². The number of aliphatic hydroxyl groups is 3. The third kappa shape index (κ3) is 3.61. The first-order valence-electron chi connectivity index (χ1n) is 3.15. The zero-order valence-electron chi connectivity index (χ0n) is 6.04. The van der Waals surface area contributed by atoms with Crippen molar-refractivity contribution in [2.45, 2.75) is 17.2 Å². The van der Waals surface area contributed by atoms with E-state index < -0.39 is 22.5 Å². The molecule has 0 aliphatic rings. The highest BCUT2D eigenvalue weighted by Crippen LogP contribution is 2.21. The van der Waals surface area contributed by atoms with E-state index >= 15 is 0 Å². The molecule has 2 atom stereocenters.